The molecule has 11 nitrogen and oxygen atoms in total. The van der Waals surface area contributed by atoms with Crippen LogP contribution in [0.25, 0.3) is 0 Å². The lowest BCUT2D eigenvalue weighted by molar-refractivity contribution is -0.327. The van der Waals surface area contributed by atoms with Crippen LogP contribution in [-0.2, 0) is 18.9 Å². The Kier molecular flexibility index (Phi) is 10.7. The Morgan fingerprint density at radius 2 is 1.42 bits per heavy atom. The van der Waals surface area contributed by atoms with Gasteiger partial charge in [-0.2, -0.15) is 0 Å². The average Bonchev–Trinajstić information content (AvgIpc) is 2.73. The van der Waals surface area contributed by atoms with Crippen molar-refractivity contribution >= 4 is 0 Å². The predicted octanol–water partition coefficient (Wildman–Crippen LogP) is -1.46. The molecule has 0 aliphatic carbocycles. The molecular weight excluding hydrogens is 440 g/mol. The van der Waals surface area contributed by atoms with Crippen molar-refractivity contribution in [3.8, 4) is 0 Å². The highest BCUT2D eigenvalue weighted by Gasteiger charge is 2.46. The van der Waals surface area contributed by atoms with Crippen molar-refractivity contribution < 1.29 is 54.7 Å². The number of aliphatic hydroxyl groups excluding tert-OH is 6. The maximum absolute atomic E-state index is 10.3. The number of rotatable bonds is 10. The van der Waals surface area contributed by atoms with E-state index in [1.165, 1.54) is 6.92 Å². The van der Waals surface area contributed by atoms with Gasteiger partial charge in [0, 0.05) is 0 Å². The van der Waals surface area contributed by atoms with Crippen LogP contribution >= 0.6 is 0 Å². The highest BCUT2D eigenvalue weighted by atomic mass is 16.7. The van der Waals surface area contributed by atoms with E-state index in [-0.39, 0.29) is 13.2 Å². The van der Waals surface area contributed by atoms with E-state index in [4.69, 9.17) is 18.9 Å². The van der Waals surface area contributed by atoms with E-state index < -0.39 is 67.0 Å². The first kappa shape index (κ1) is 28.5. The lowest BCUT2D eigenvalue weighted by Crippen LogP contribution is -2.61. The molecule has 0 amide bonds. The van der Waals surface area contributed by atoms with Crippen molar-refractivity contribution in [1.82, 2.24) is 0 Å². The quantitative estimate of drug-likeness (QED) is 0.182. The van der Waals surface area contributed by atoms with Crippen molar-refractivity contribution in [2.75, 3.05) is 13.2 Å². The van der Waals surface area contributed by atoms with Crippen LogP contribution in [0.1, 0.15) is 47.0 Å². The van der Waals surface area contributed by atoms with Crippen LogP contribution in [0.15, 0.2) is 11.6 Å². The molecule has 2 aliphatic rings. The monoisotopic (exact) mass is 480 g/mol. The molecule has 194 valence electrons. The fourth-order valence-corrected chi connectivity index (χ4v) is 3.64. The summed E-state index contributed by atoms with van der Waals surface area (Å²) in [5.74, 6) is 0. The van der Waals surface area contributed by atoms with E-state index in [1.54, 1.807) is 13.8 Å². The Bertz CT molecular complexity index is 622. The summed E-state index contributed by atoms with van der Waals surface area (Å²) in [6.07, 6.45) is -9.33. The van der Waals surface area contributed by atoms with Gasteiger partial charge < -0.3 is 54.7 Å². The summed E-state index contributed by atoms with van der Waals surface area (Å²) in [5, 5.41) is 70.1. The zero-order valence-corrected chi connectivity index (χ0v) is 19.6. The number of hydrogen-bond acceptors (Lipinski definition) is 11. The van der Waals surface area contributed by atoms with E-state index >= 15 is 0 Å². The predicted molar refractivity (Wildman–Crippen MR) is 115 cm³/mol. The van der Waals surface area contributed by atoms with Crippen LogP contribution in [0, 0.1) is 0 Å². The molecular formula is C22H40O11. The molecule has 2 aliphatic heterocycles. The third kappa shape index (κ3) is 8.18. The van der Waals surface area contributed by atoms with Crippen LogP contribution in [0.3, 0.4) is 0 Å². The molecule has 2 rings (SSSR count). The third-order valence-corrected chi connectivity index (χ3v) is 5.93. The fourth-order valence-electron chi connectivity index (χ4n) is 3.64. The summed E-state index contributed by atoms with van der Waals surface area (Å²) < 4.78 is 21.9. The second-order valence-electron chi connectivity index (χ2n) is 9.55. The molecule has 0 aromatic carbocycles. The summed E-state index contributed by atoms with van der Waals surface area (Å²) in [7, 11) is 0. The van der Waals surface area contributed by atoms with E-state index in [9.17, 15) is 35.7 Å². The maximum atomic E-state index is 10.3. The second-order valence-corrected chi connectivity index (χ2v) is 9.55. The zero-order valence-electron chi connectivity index (χ0n) is 19.6. The van der Waals surface area contributed by atoms with Gasteiger partial charge in [-0.1, -0.05) is 11.6 Å². The molecule has 11 heteroatoms. The SMILES string of the molecule is C/C(=C\CCC(C)(C)O)CCO[C@@H]1O[C@H](CO[C@@H]2O[C@@H](C)[C@H](O)[C@@H](O)[C@H]2O)[C@@H](O)[C@H](O)[C@H]1O. The standard InChI is InChI=1S/C22H40O11/c1-11(6-5-8-22(3,4)29)7-9-30-20-19(28)17(26)15(24)13(33-20)10-31-21-18(27)16(25)14(23)12(2)32-21/h6,12-21,23-29H,5,7-10H2,1-4H3/b11-6+/t12-,13+,14-,15+,16+,17-,18+,19+,20+,21+/m0/s1. The zero-order chi connectivity index (χ0) is 24.9. The van der Waals surface area contributed by atoms with Crippen molar-refractivity contribution in [1.29, 1.82) is 0 Å². The summed E-state index contributed by atoms with van der Waals surface area (Å²) in [4.78, 5) is 0. The fraction of sp³-hybridized carbons (Fsp3) is 0.909. The number of aliphatic hydroxyl groups is 7. The smallest absolute Gasteiger partial charge is 0.186 e. The van der Waals surface area contributed by atoms with E-state index in [1.807, 2.05) is 13.0 Å². The highest BCUT2D eigenvalue weighted by Crippen LogP contribution is 2.26. The van der Waals surface area contributed by atoms with E-state index in [0.717, 1.165) is 5.57 Å². The van der Waals surface area contributed by atoms with Crippen LogP contribution < -0.4 is 0 Å². The molecule has 0 aromatic rings. The molecule has 0 unspecified atom stereocenters. The largest absolute Gasteiger partial charge is 0.390 e. The average molecular weight is 481 g/mol. The lowest BCUT2D eigenvalue weighted by atomic mass is 9.98. The van der Waals surface area contributed by atoms with Crippen LogP contribution in [0.4, 0.5) is 0 Å². The van der Waals surface area contributed by atoms with Gasteiger partial charge in [-0.05, 0) is 47.0 Å². The van der Waals surface area contributed by atoms with E-state index in [2.05, 4.69) is 0 Å². The van der Waals surface area contributed by atoms with Gasteiger partial charge in [-0.3, -0.25) is 0 Å². The molecule has 33 heavy (non-hydrogen) atoms. The highest BCUT2D eigenvalue weighted by molar-refractivity contribution is 4.98. The molecule has 0 spiro atoms. The topological polar surface area (TPSA) is 179 Å². The molecule has 0 saturated carbocycles. The molecule has 2 saturated heterocycles. The Hall–Kier alpha value is -0.700. The van der Waals surface area contributed by atoms with Gasteiger partial charge in [0.1, 0.15) is 42.7 Å². The van der Waals surface area contributed by atoms with E-state index in [0.29, 0.717) is 19.3 Å². The minimum atomic E-state index is -1.55. The Balaban J connectivity index is 1.85. The minimum absolute atomic E-state index is 0.189. The van der Waals surface area contributed by atoms with Crippen molar-refractivity contribution in [2.45, 2.75) is 114 Å². The van der Waals surface area contributed by atoms with Gasteiger partial charge >= 0.3 is 0 Å². The summed E-state index contributed by atoms with van der Waals surface area (Å²) >= 11 is 0. The van der Waals surface area contributed by atoms with Crippen LogP contribution in [0.2, 0.25) is 0 Å². The van der Waals surface area contributed by atoms with Gasteiger partial charge in [-0.25, -0.2) is 0 Å². The number of hydrogen-bond donors (Lipinski definition) is 7. The molecule has 0 radical (unpaired) electrons. The Morgan fingerprint density at radius 1 is 0.848 bits per heavy atom. The second kappa shape index (κ2) is 12.3. The first-order valence-corrected chi connectivity index (χ1v) is 11.3. The van der Waals surface area contributed by atoms with Gasteiger partial charge in [-0.15, -0.1) is 0 Å². The summed E-state index contributed by atoms with van der Waals surface area (Å²) in [6, 6.07) is 0. The van der Waals surface area contributed by atoms with Gasteiger partial charge in [0.05, 0.1) is 24.9 Å². The van der Waals surface area contributed by atoms with Crippen LogP contribution in [0.5, 0.6) is 0 Å². The molecule has 0 aromatic heterocycles. The van der Waals surface area contributed by atoms with Crippen molar-refractivity contribution in [2.24, 2.45) is 0 Å². The Morgan fingerprint density at radius 3 is 2.03 bits per heavy atom. The molecule has 0 bridgehead atoms. The summed E-state index contributed by atoms with van der Waals surface area (Å²) in [5.41, 5.74) is 0.291. The minimum Gasteiger partial charge on any atom is -0.390 e. The molecule has 7 N–H and O–H groups in total. The first-order valence-electron chi connectivity index (χ1n) is 11.3. The summed E-state index contributed by atoms with van der Waals surface area (Å²) in [6.45, 7) is 6.77. The normalized spacial score (nSPS) is 40.8. The van der Waals surface area contributed by atoms with Gasteiger partial charge in [0.15, 0.2) is 12.6 Å². The molecule has 10 atom stereocenters. The van der Waals surface area contributed by atoms with Crippen LogP contribution in [-0.4, -0.2) is 116 Å². The molecule has 2 heterocycles. The van der Waals surface area contributed by atoms with Gasteiger partial charge in [0.2, 0.25) is 0 Å². The molecule has 2 fully saturated rings. The maximum Gasteiger partial charge on any atom is 0.186 e. The van der Waals surface area contributed by atoms with Crippen molar-refractivity contribution in [3.63, 3.8) is 0 Å². The lowest BCUT2D eigenvalue weighted by Gasteiger charge is -2.42. The number of ether oxygens (including phenoxy) is 4. The van der Waals surface area contributed by atoms with Gasteiger partial charge in [0.25, 0.3) is 0 Å². The Labute approximate surface area is 194 Å². The third-order valence-electron chi connectivity index (χ3n) is 5.93. The number of allylic oxidation sites excluding steroid dienone is 1. The first-order chi connectivity index (χ1) is 15.3. The van der Waals surface area contributed by atoms with Crippen molar-refractivity contribution in [3.05, 3.63) is 11.6 Å².